The maximum Gasteiger partial charge on any atom is 0.127 e. The molecule has 1 fully saturated rings. The Hall–Kier alpha value is 0.330. The van der Waals surface area contributed by atoms with Crippen molar-refractivity contribution >= 4 is 27.9 Å². The molecule has 0 aliphatic carbocycles. The number of hydrogen-bond acceptors (Lipinski definition) is 4. The molecule has 2 aliphatic rings. The van der Waals surface area contributed by atoms with Crippen LogP contribution in [0, 0.1) is 0 Å². The van der Waals surface area contributed by atoms with Gasteiger partial charge in [0.2, 0.25) is 0 Å². The molecule has 2 heterocycles. The fourth-order valence-corrected chi connectivity index (χ4v) is 3.69. The number of thioether (sulfide) groups is 2. The fraction of sp³-hybridized carbons (Fsp3) is 0.875. The second-order valence-electron chi connectivity index (χ2n) is 3.12. The summed E-state index contributed by atoms with van der Waals surface area (Å²) in [5.74, 6) is 1.15. The van der Waals surface area contributed by atoms with Crippen LogP contribution in [0.2, 0.25) is 0 Å². The molecule has 0 amide bonds. The molecule has 2 nitrogen and oxygen atoms in total. The van der Waals surface area contributed by atoms with Gasteiger partial charge in [-0.1, -0.05) is 23.5 Å². The van der Waals surface area contributed by atoms with Crippen molar-refractivity contribution in [1.82, 2.24) is 0 Å². The minimum Gasteiger partial charge on any atom is -0.367 e. The first kappa shape index (κ1) is 8.91. The van der Waals surface area contributed by atoms with E-state index >= 15 is 0 Å². The third kappa shape index (κ3) is 2.18. The van der Waals surface area contributed by atoms with Crippen LogP contribution in [0.5, 0.6) is 0 Å². The molecule has 0 saturated carbocycles. The summed E-state index contributed by atoms with van der Waals surface area (Å²) in [7, 11) is 0. The van der Waals surface area contributed by atoms with Gasteiger partial charge in [-0.05, 0) is 19.8 Å². The third-order valence-corrected chi connectivity index (χ3v) is 4.48. The minimum atomic E-state index is 0.390. The summed E-state index contributed by atoms with van der Waals surface area (Å²) >= 11 is 3.68. The minimum absolute atomic E-state index is 0.390. The predicted molar refractivity (Wildman–Crippen MR) is 55.9 cm³/mol. The molecular formula is C8H13NOS2. The SMILES string of the molecule is CC1CSC(SC2CCCO2)=N1. The average Bonchev–Trinajstić information content (AvgIpc) is 2.63. The predicted octanol–water partition coefficient (Wildman–Crippen LogP) is 2.35. The summed E-state index contributed by atoms with van der Waals surface area (Å²) in [6, 6.07) is 0.513. The normalized spacial score (nSPS) is 35.6. The van der Waals surface area contributed by atoms with Gasteiger partial charge >= 0.3 is 0 Å². The highest BCUT2D eigenvalue weighted by molar-refractivity contribution is 8.39. The summed E-state index contributed by atoms with van der Waals surface area (Å²) in [6.07, 6.45) is 2.41. The van der Waals surface area contributed by atoms with Crippen molar-refractivity contribution in [3.63, 3.8) is 0 Å². The lowest BCUT2D eigenvalue weighted by Crippen LogP contribution is -2.00. The molecule has 2 atom stereocenters. The molecule has 2 unspecified atom stereocenters. The van der Waals surface area contributed by atoms with Crippen LogP contribution in [0.25, 0.3) is 0 Å². The molecule has 2 rings (SSSR count). The fourth-order valence-electron chi connectivity index (χ4n) is 1.26. The van der Waals surface area contributed by atoms with E-state index in [4.69, 9.17) is 4.74 Å². The third-order valence-electron chi connectivity index (χ3n) is 1.89. The molecule has 68 valence electrons. The van der Waals surface area contributed by atoms with Gasteiger partial charge in [0.05, 0.1) is 6.04 Å². The van der Waals surface area contributed by atoms with E-state index in [2.05, 4.69) is 11.9 Å². The van der Waals surface area contributed by atoms with Gasteiger partial charge in [-0.2, -0.15) is 0 Å². The zero-order valence-corrected chi connectivity index (χ0v) is 8.79. The van der Waals surface area contributed by atoms with E-state index in [0.717, 1.165) is 12.4 Å². The Bertz CT molecular complexity index is 189. The largest absolute Gasteiger partial charge is 0.367 e. The highest BCUT2D eigenvalue weighted by atomic mass is 32.2. The molecule has 0 spiro atoms. The zero-order chi connectivity index (χ0) is 8.39. The van der Waals surface area contributed by atoms with Crippen LogP contribution in [-0.4, -0.2) is 28.2 Å². The number of ether oxygens (including phenoxy) is 1. The first-order valence-electron chi connectivity index (χ1n) is 4.33. The standard InChI is InChI=1S/C8H13NOS2/c1-6-5-11-8(9-6)12-7-3-2-4-10-7/h6-7H,2-5H2,1H3. The van der Waals surface area contributed by atoms with Crippen LogP contribution >= 0.6 is 23.5 Å². The van der Waals surface area contributed by atoms with E-state index in [1.165, 1.54) is 17.2 Å². The Morgan fingerprint density at radius 1 is 1.67 bits per heavy atom. The van der Waals surface area contributed by atoms with Crippen LogP contribution in [0.4, 0.5) is 0 Å². The number of hydrogen-bond donors (Lipinski definition) is 0. The molecule has 0 aromatic heterocycles. The summed E-state index contributed by atoms with van der Waals surface area (Å²) < 4.78 is 6.75. The van der Waals surface area contributed by atoms with Crippen molar-refractivity contribution in [3.8, 4) is 0 Å². The molecule has 12 heavy (non-hydrogen) atoms. The molecule has 1 saturated heterocycles. The molecule has 0 N–H and O–H groups in total. The van der Waals surface area contributed by atoms with E-state index in [9.17, 15) is 0 Å². The molecule has 0 bridgehead atoms. The lowest BCUT2D eigenvalue weighted by molar-refractivity contribution is 0.174. The van der Waals surface area contributed by atoms with Crippen LogP contribution in [0.3, 0.4) is 0 Å². The van der Waals surface area contributed by atoms with Gasteiger partial charge in [-0.3, -0.25) is 4.99 Å². The Balaban J connectivity index is 1.82. The lowest BCUT2D eigenvalue weighted by atomic mass is 10.4. The van der Waals surface area contributed by atoms with Crippen molar-refractivity contribution < 1.29 is 4.74 Å². The van der Waals surface area contributed by atoms with Crippen LogP contribution in [0.1, 0.15) is 19.8 Å². The zero-order valence-electron chi connectivity index (χ0n) is 7.16. The molecule has 4 heteroatoms. The second kappa shape index (κ2) is 4.03. The summed E-state index contributed by atoms with van der Waals surface area (Å²) in [6.45, 7) is 3.10. The van der Waals surface area contributed by atoms with Crippen molar-refractivity contribution in [3.05, 3.63) is 0 Å². The summed E-state index contributed by atoms with van der Waals surface area (Å²) in [4.78, 5) is 4.51. The first-order chi connectivity index (χ1) is 5.84. The van der Waals surface area contributed by atoms with Crippen molar-refractivity contribution in [2.45, 2.75) is 31.2 Å². The van der Waals surface area contributed by atoms with Gasteiger partial charge < -0.3 is 4.74 Å². The van der Waals surface area contributed by atoms with E-state index in [1.807, 2.05) is 23.5 Å². The van der Waals surface area contributed by atoms with Crippen molar-refractivity contribution in [2.24, 2.45) is 4.99 Å². The van der Waals surface area contributed by atoms with Gasteiger partial charge in [-0.25, -0.2) is 0 Å². The smallest absolute Gasteiger partial charge is 0.127 e. The van der Waals surface area contributed by atoms with Gasteiger partial charge in [0.1, 0.15) is 9.81 Å². The van der Waals surface area contributed by atoms with Crippen LogP contribution in [0.15, 0.2) is 4.99 Å². The van der Waals surface area contributed by atoms with Gasteiger partial charge in [0.15, 0.2) is 0 Å². The van der Waals surface area contributed by atoms with E-state index in [-0.39, 0.29) is 0 Å². The van der Waals surface area contributed by atoms with Crippen LogP contribution < -0.4 is 0 Å². The van der Waals surface area contributed by atoms with Crippen molar-refractivity contribution in [2.75, 3.05) is 12.4 Å². The Morgan fingerprint density at radius 2 is 2.58 bits per heavy atom. The number of nitrogens with zero attached hydrogens (tertiary/aromatic N) is 1. The lowest BCUT2D eigenvalue weighted by Gasteiger charge is -2.06. The Kier molecular flexibility index (Phi) is 2.99. The molecule has 0 aromatic rings. The number of rotatable bonds is 1. The van der Waals surface area contributed by atoms with Crippen LogP contribution in [-0.2, 0) is 4.74 Å². The quantitative estimate of drug-likeness (QED) is 0.653. The summed E-state index contributed by atoms with van der Waals surface area (Å²) in [5.41, 5.74) is 0.390. The summed E-state index contributed by atoms with van der Waals surface area (Å²) in [5, 5.41) is 0. The number of aliphatic imine (C=N–C) groups is 1. The van der Waals surface area contributed by atoms with Gasteiger partial charge in [0.25, 0.3) is 0 Å². The Morgan fingerprint density at radius 3 is 3.17 bits per heavy atom. The topological polar surface area (TPSA) is 21.6 Å². The van der Waals surface area contributed by atoms with Gasteiger partial charge in [-0.15, -0.1) is 0 Å². The van der Waals surface area contributed by atoms with E-state index in [1.54, 1.807) is 0 Å². The average molecular weight is 203 g/mol. The first-order valence-corrected chi connectivity index (χ1v) is 6.20. The maximum atomic E-state index is 5.52. The van der Waals surface area contributed by atoms with Gasteiger partial charge in [0, 0.05) is 12.4 Å². The van der Waals surface area contributed by atoms with Crippen molar-refractivity contribution in [1.29, 1.82) is 0 Å². The molecule has 2 aliphatic heterocycles. The maximum absolute atomic E-state index is 5.52. The second-order valence-corrected chi connectivity index (χ2v) is 5.53. The monoisotopic (exact) mass is 203 g/mol. The highest BCUT2D eigenvalue weighted by Gasteiger charge is 2.22. The molecular weight excluding hydrogens is 190 g/mol. The molecule has 0 radical (unpaired) electrons. The Labute approximate surface area is 81.5 Å². The highest BCUT2D eigenvalue weighted by Crippen LogP contribution is 2.32. The van der Waals surface area contributed by atoms with E-state index in [0.29, 0.717) is 11.5 Å². The van der Waals surface area contributed by atoms with E-state index < -0.39 is 0 Å². The molecule has 0 aromatic carbocycles.